The van der Waals surface area contributed by atoms with Crippen molar-refractivity contribution < 1.29 is 13.7 Å². The molecule has 1 saturated carbocycles. The van der Waals surface area contributed by atoms with Crippen LogP contribution in [0.15, 0.2) is 36.4 Å². The molecule has 0 radical (unpaired) electrons. The molecular formula is C33H45ClN2O3S. The Kier molecular flexibility index (Phi) is 9.16. The van der Waals surface area contributed by atoms with Crippen LogP contribution in [-0.4, -0.2) is 35.1 Å². The molecule has 40 heavy (non-hydrogen) atoms. The predicted molar refractivity (Wildman–Crippen MR) is 166 cm³/mol. The van der Waals surface area contributed by atoms with E-state index in [1.807, 2.05) is 32.0 Å². The molecule has 1 N–H and O–H groups in total. The SMILES string of the molecule is CCCCC(C)C1CCC1CN1C[C@@]2(CCCc3cc(Cl)ccc32)COc2ccc(C(=O)NS(=O)C(C)C)cc21. The number of anilines is 1. The molecule has 0 aromatic heterocycles. The Labute approximate surface area is 248 Å². The minimum Gasteiger partial charge on any atom is -0.490 e. The predicted octanol–water partition coefficient (Wildman–Crippen LogP) is 7.47. The Bertz CT molecular complexity index is 1250. The molecular weight excluding hydrogens is 540 g/mol. The maximum Gasteiger partial charge on any atom is 0.263 e. The Balaban J connectivity index is 1.48. The number of ether oxygens (including phenoxy) is 1. The third-order valence-corrected chi connectivity index (χ3v) is 11.1. The number of nitrogens with zero attached hydrogens (tertiary/aromatic N) is 1. The molecule has 1 aliphatic heterocycles. The van der Waals surface area contributed by atoms with Gasteiger partial charge in [0.1, 0.15) is 16.7 Å². The highest BCUT2D eigenvalue weighted by atomic mass is 35.5. The molecule has 0 saturated heterocycles. The molecule has 3 aliphatic rings. The van der Waals surface area contributed by atoms with E-state index in [1.165, 1.54) is 43.2 Å². The van der Waals surface area contributed by atoms with Crippen LogP contribution < -0.4 is 14.4 Å². The van der Waals surface area contributed by atoms with Crippen molar-refractivity contribution >= 4 is 34.2 Å². The van der Waals surface area contributed by atoms with E-state index < -0.39 is 11.0 Å². The van der Waals surface area contributed by atoms with Crippen LogP contribution in [0.2, 0.25) is 5.02 Å². The summed E-state index contributed by atoms with van der Waals surface area (Å²) in [7, 11) is -1.42. The van der Waals surface area contributed by atoms with Crippen molar-refractivity contribution in [2.24, 2.45) is 17.8 Å². The molecule has 1 spiro atoms. The Morgan fingerprint density at radius 2 is 2.02 bits per heavy atom. The highest BCUT2D eigenvalue weighted by molar-refractivity contribution is 7.84. The summed E-state index contributed by atoms with van der Waals surface area (Å²) < 4.78 is 21.7. The van der Waals surface area contributed by atoms with E-state index in [1.54, 1.807) is 6.07 Å². The number of carbonyl (C=O) groups is 1. The summed E-state index contributed by atoms with van der Waals surface area (Å²) in [6, 6.07) is 12.1. The van der Waals surface area contributed by atoms with Crippen molar-refractivity contribution in [3.05, 3.63) is 58.1 Å². The molecule has 2 aromatic rings. The maximum absolute atomic E-state index is 13.1. The number of fused-ring (bicyclic) bond motifs is 3. The number of nitrogens with one attached hydrogen (secondary N) is 1. The first-order valence-corrected chi connectivity index (χ1v) is 16.8. The average Bonchev–Trinajstić information content (AvgIpc) is 3.06. The number of amides is 1. The van der Waals surface area contributed by atoms with Gasteiger partial charge < -0.3 is 9.64 Å². The van der Waals surface area contributed by atoms with Crippen molar-refractivity contribution in [2.45, 2.75) is 89.7 Å². The van der Waals surface area contributed by atoms with Gasteiger partial charge >= 0.3 is 0 Å². The summed E-state index contributed by atoms with van der Waals surface area (Å²) in [5.74, 6) is 2.63. The van der Waals surface area contributed by atoms with Gasteiger partial charge in [0.05, 0.1) is 12.3 Å². The molecule has 1 fully saturated rings. The second-order valence-corrected chi connectivity index (χ2v) is 14.9. The molecule has 2 aliphatic carbocycles. The van der Waals surface area contributed by atoms with Crippen molar-refractivity contribution in [3.63, 3.8) is 0 Å². The van der Waals surface area contributed by atoms with E-state index in [0.717, 1.165) is 60.6 Å². The second-order valence-electron chi connectivity index (χ2n) is 12.7. The Morgan fingerprint density at radius 1 is 1.20 bits per heavy atom. The molecule has 2 aromatic carbocycles. The van der Waals surface area contributed by atoms with Crippen LogP contribution >= 0.6 is 11.6 Å². The van der Waals surface area contributed by atoms with Gasteiger partial charge in [-0.2, -0.15) is 0 Å². The molecule has 7 heteroatoms. The molecule has 5 atom stereocenters. The van der Waals surface area contributed by atoms with E-state index in [9.17, 15) is 9.00 Å². The number of aryl methyl sites for hydroxylation is 1. The topological polar surface area (TPSA) is 58.6 Å². The van der Waals surface area contributed by atoms with Gasteiger partial charge in [-0.3, -0.25) is 9.52 Å². The number of carbonyl (C=O) groups excluding carboxylic acids is 1. The van der Waals surface area contributed by atoms with E-state index in [-0.39, 0.29) is 16.6 Å². The summed E-state index contributed by atoms with van der Waals surface area (Å²) in [4.78, 5) is 15.6. The maximum atomic E-state index is 13.1. The summed E-state index contributed by atoms with van der Waals surface area (Å²) >= 11 is 6.42. The largest absolute Gasteiger partial charge is 0.490 e. The number of hydrogen-bond donors (Lipinski definition) is 1. The van der Waals surface area contributed by atoms with Crippen molar-refractivity contribution in [2.75, 3.05) is 24.6 Å². The quantitative estimate of drug-likeness (QED) is 0.332. The molecule has 1 heterocycles. The van der Waals surface area contributed by atoms with E-state index in [0.29, 0.717) is 18.1 Å². The van der Waals surface area contributed by atoms with E-state index in [4.69, 9.17) is 16.3 Å². The van der Waals surface area contributed by atoms with Crippen LogP contribution in [0.25, 0.3) is 0 Å². The van der Waals surface area contributed by atoms with Gasteiger partial charge in [0, 0.05) is 34.3 Å². The minimum absolute atomic E-state index is 0.133. The first kappa shape index (κ1) is 29.4. The highest BCUT2D eigenvalue weighted by Crippen LogP contribution is 2.47. The molecule has 4 unspecified atom stereocenters. The van der Waals surface area contributed by atoms with Crippen molar-refractivity contribution in [3.8, 4) is 5.75 Å². The van der Waals surface area contributed by atoms with Gasteiger partial charge in [-0.25, -0.2) is 4.21 Å². The summed E-state index contributed by atoms with van der Waals surface area (Å²) in [5, 5.41) is 0.646. The normalized spacial score (nSPS) is 25.3. The first-order valence-electron chi connectivity index (χ1n) is 15.2. The van der Waals surface area contributed by atoms with Gasteiger partial charge in [0.25, 0.3) is 5.91 Å². The fourth-order valence-electron chi connectivity index (χ4n) is 7.12. The van der Waals surface area contributed by atoms with Gasteiger partial charge in [0.2, 0.25) is 0 Å². The van der Waals surface area contributed by atoms with Crippen LogP contribution in [-0.2, 0) is 22.8 Å². The first-order chi connectivity index (χ1) is 19.2. The molecule has 0 bridgehead atoms. The van der Waals surface area contributed by atoms with Crippen molar-refractivity contribution in [1.29, 1.82) is 0 Å². The zero-order valence-corrected chi connectivity index (χ0v) is 26.1. The number of rotatable bonds is 9. The Morgan fingerprint density at radius 3 is 2.75 bits per heavy atom. The van der Waals surface area contributed by atoms with Crippen molar-refractivity contribution in [1.82, 2.24) is 4.72 Å². The average molecular weight is 585 g/mol. The minimum atomic E-state index is -1.42. The monoisotopic (exact) mass is 584 g/mol. The van der Waals surface area contributed by atoms with Gasteiger partial charge in [-0.15, -0.1) is 0 Å². The number of benzene rings is 2. The standard InChI is InChI=1S/C33H45ClN2O3S/c1-5-6-8-23(4)28-13-10-26(28)19-36-20-33(16-7-9-24-17-27(34)12-14-29(24)33)21-39-31-15-11-25(18-30(31)36)32(37)35-40(38)22(2)3/h11-12,14-15,17-18,22-23,26,28H,5-10,13,16,19-21H2,1-4H3,(H,35,37)/t23?,26?,28?,33-,40?/m0/s1. The zero-order chi connectivity index (χ0) is 28.4. The van der Waals surface area contributed by atoms with Crippen LogP contribution in [0.4, 0.5) is 5.69 Å². The smallest absolute Gasteiger partial charge is 0.263 e. The van der Waals surface area contributed by atoms with E-state index >= 15 is 0 Å². The number of unbranched alkanes of at least 4 members (excludes halogenated alkanes) is 1. The third kappa shape index (κ3) is 6.09. The fourth-order valence-corrected chi connectivity index (χ4v) is 7.85. The number of hydrogen-bond acceptors (Lipinski definition) is 4. The van der Waals surface area contributed by atoms with Gasteiger partial charge in [0.15, 0.2) is 0 Å². The fraction of sp³-hybridized carbons (Fsp3) is 0.606. The second kappa shape index (κ2) is 12.4. The lowest BCUT2D eigenvalue weighted by atomic mass is 9.65. The van der Waals surface area contributed by atoms with E-state index in [2.05, 4.69) is 35.6 Å². The highest BCUT2D eigenvalue weighted by Gasteiger charge is 2.44. The van der Waals surface area contributed by atoms with Crippen LogP contribution in [0.5, 0.6) is 5.75 Å². The molecule has 5 rings (SSSR count). The van der Waals surface area contributed by atoms with Crippen LogP contribution in [0.1, 0.15) is 94.1 Å². The molecule has 218 valence electrons. The lowest BCUT2D eigenvalue weighted by Crippen LogP contribution is -2.49. The lowest BCUT2D eigenvalue weighted by Gasteiger charge is -2.46. The molecule has 1 amide bonds. The summed E-state index contributed by atoms with van der Waals surface area (Å²) in [6.07, 6.45) is 9.61. The molecule has 5 nitrogen and oxygen atoms in total. The summed E-state index contributed by atoms with van der Waals surface area (Å²) in [6.45, 7) is 10.8. The van der Waals surface area contributed by atoms with Crippen LogP contribution in [0, 0.1) is 17.8 Å². The Hall–Kier alpha value is -2.05. The van der Waals surface area contributed by atoms with Gasteiger partial charge in [-0.1, -0.05) is 50.8 Å². The summed E-state index contributed by atoms with van der Waals surface area (Å²) in [5.41, 5.74) is 4.06. The third-order valence-electron chi connectivity index (χ3n) is 9.60. The van der Waals surface area contributed by atoms with Gasteiger partial charge in [-0.05, 0) is 105 Å². The lowest BCUT2D eigenvalue weighted by molar-refractivity contribution is 0.0982. The number of halogens is 1. The zero-order valence-electron chi connectivity index (χ0n) is 24.5. The van der Waals surface area contributed by atoms with Crippen LogP contribution in [0.3, 0.4) is 0 Å².